The maximum atomic E-state index is 12.6. The monoisotopic (exact) mass is 383 g/mol. The van der Waals surface area contributed by atoms with Gasteiger partial charge in [0.05, 0.1) is 17.7 Å². The Bertz CT molecular complexity index is 1040. The highest BCUT2D eigenvalue weighted by Gasteiger charge is 2.17. The fourth-order valence-electron chi connectivity index (χ4n) is 2.36. The summed E-state index contributed by atoms with van der Waals surface area (Å²) in [7, 11) is -2.36. The Morgan fingerprint density at radius 2 is 1.63 bits per heavy atom. The summed E-state index contributed by atoms with van der Waals surface area (Å²) in [5.74, 6) is 0.0669. The maximum absolute atomic E-state index is 12.6. The van der Waals surface area contributed by atoms with Gasteiger partial charge < -0.3 is 10.1 Å². The predicted octanol–water partition coefficient (Wildman–Crippen LogP) is 3.14. The van der Waals surface area contributed by atoms with Gasteiger partial charge in [-0.2, -0.15) is 0 Å². The predicted molar refractivity (Wildman–Crippen MR) is 102 cm³/mol. The van der Waals surface area contributed by atoms with Gasteiger partial charge in [0.1, 0.15) is 5.75 Å². The average Bonchev–Trinajstić information content (AvgIpc) is 2.69. The fraction of sp³-hybridized carbons (Fsp3) is 0.0526. The molecule has 8 heteroatoms. The number of methoxy groups -OCH3 is 1. The van der Waals surface area contributed by atoms with Gasteiger partial charge in [-0.3, -0.25) is 14.5 Å². The van der Waals surface area contributed by atoms with Crippen LogP contribution in [0.5, 0.6) is 5.75 Å². The summed E-state index contributed by atoms with van der Waals surface area (Å²) < 4.78 is 32.8. The molecule has 0 unspecified atom stereocenters. The van der Waals surface area contributed by atoms with E-state index in [0.29, 0.717) is 22.7 Å². The zero-order valence-electron chi connectivity index (χ0n) is 14.4. The van der Waals surface area contributed by atoms with Crippen LogP contribution in [0.2, 0.25) is 0 Å². The summed E-state index contributed by atoms with van der Waals surface area (Å²) in [5, 5.41) is 2.71. The molecule has 0 aliphatic carbocycles. The summed E-state index contributed by atoms with van der Waals surface area (Å²) in [6.45, 7) is 0. The molecule has 0 saturated carbocycles. The molecule has 0 bridgehead atoms. The lowest BCUT2D eigenvalue weighted by Gasteiger charge is -2.12. The van der Waals surface area contributed by atoms with Crippen LogP contribution in [0.25, 0.3) is 0 Å². The lowest BCUT2D eigenvalue weighted by molar-refractivity contribution is 0.102. The van der Waals surface area contributed by atoms with Gasteiger partial charge in [0.15, 0.2) is 0 Å². The number of carbonyl (C=O) groups excluding carboxylic acids is 1. The van der Waals surface area contributed by atoms with E-state index in [0.717, 1.165) is 0 Å². The van der Waals surface area contributed by atoms with E-state index in [2.05, 4.69) is 15.0 Å². The smallest absolute Gasteiger partial charge is 0.262 e. The van der Waals surface area contributed by atoms with Gasteiger partial charge in [-0.15, -0.1) is 0 Å². The van der Waals surface area contributed by atoms with E-state index < -0.39 is 10.0 Å². The summed E-state index contributed by atoms with van der Waals surface area (Å²) in [5.41, 5.74) is 1.27. The molecule has 1 amide bonds. The molecular weight excluding hydrogens is 366 g/mol. The highest BCUT2D eigenvalue weighted by atomic mass is 32.2. The standard InChI is InChI=1S/C19H17N3O4S/c1-26-18-5-3-2-4-17(18)22-27(24,25)16-8-6-14(7-9-16)19(23)21-15-10-12-20-13-11-15/h2-13,22H,1H3,(H,20,21,23). The summed E-state index contributed by atoms with van der Waals surface area (Å²) in [4.78, 5) is 16.1. The first-order valence-corrected chi connectivity index (χ1v) is 9.45. The van der Waals surface area contributed by atoms with Crippen molar-refractivity contribution in [2.24, 2.45) is 0 Å². The Kier molecular flexibility index (Phi) is 5.37. The van der Waals surface area contributed by atoms with Crippen LogP contribution in [0, 0.1) is 0 Å². The molecule has 7 nitrogen and oxygen atoms in total. The van der Waals surface area contributed by atoms with Crippen LogP contribution in [0.3, 0.4) is 0 Å². The van der Waals surface area contributed by atoms with Gasteiger partial charge in [-0.1, -0.05) is 12.1 Å². The molecule has 0 spiro atoms. The van der Waals surface area contributed by atoms with Gasteiger partial charge >= 0.3 is 0 Å². The van der Waals surface area contributed by atoms with E-state index >= 15 is 0 Å². The number of sulfonamides is 1. The van der Waals surface area contributed by atoms with E-state index in [1.54, 1.807) is 48.8 Å². The molecule has 1 heterocycles. The molecule has 3 rings (SSSR count). The largest absolute Gasteiger partial charge is 0.495 e. The summed E-state index contributed by atoms with van der Waals surface area (Å²) in [6, 6.07) is 15.7. The second-order valence-electron chi connectivity index (χ2n) is 5.52. The molecule has 0 radical (unpaired) electrons. The van der Waals surface area contributed by atoms with Crippen molar-refractivity contribution in [3.63, 3.8) is 0 Å². The average molecular weight is 383 g/mol. The Morgan fingerprint density at radius 3 is 2.30 bits per heavy atom. The van der Waals surface area contributed by atoms with E-state index in [9.17, 15) is 13.2 Å². The van der Waals surface area contributed by atoms with Crippen molar-refractivity contribution in [2.75, 3.05) is 17.1 Å². The molecule has 138 valence electrons. The van der Waals surface area contributed by atoms with E-state index in [1.165, 1.54) is 31.4 Å². The molecule has 2 aromatic carbocycles. The van der Waals surface area contributed by atoms with Crippen LogP contribution in [0.15, 0.2) is 78.0 Å². The van der Waals surface area contributed by atoms with Crippen molar-refractivity contribution < 1.29 is 17.9 Å². The molecule has 1 aromatic heterocycles. The minimum atomic E-state index is -3.82. The molecule has 0 atom stereocenters. The second kappa shape index (κ2) is 7.88. The SMILES string of the molecule is COc1ccccc1NS(=O)(=O)c1ccc(C(=O)Nc2ccncc2)cc1. The van der Waals surface area contributed by atoms with Crippen molar-refractivity contribution in [3.05, 3.63) is 78.6 Å². The number of para-hydroxylation sites is 2. The third-order valence-corrected chi connectivity index (χ3v) is 5.10. The number of benzene rings is 2. The molecule has 0 fully saturated rings. The summed E-state index contributed by atoms with van der Waals surface area (Å²) in [6.07, 6.45) is 3.13. The van der Waals surface area contributed by atoms with Crippen molar-refractivity contribution in [2.45, 2.75) is 4.90 Å². The minimum Gasteiger partial charge on any atom is -0.495 e. The normalized spacial score (nSPS) is 10.9. The number of rotatable bonds is 6. The van der Waals surface area contributed by atoms with Gasteiger partial charge in [-0.05, 0) is 48.5 Å². The first-order valence-electron chi connectivity index (χ1n) is 7.97. The third-order valence-electron chi connectivity index (χ3n) is 3.72. The highest BCUT2D eigenvalue weighted by molar-refractivity contribution is 7.92. The first-order chi connectivity index (χ1) is 13.0. The molecule has 3 aromatic rings. The van der Waals surface area contributed by atoms with Gasteiger partial charge in [0.25, 0.3) is 15.9 Å². The van der Waals surface area contributed by atoms with Crippen molar-refractivity contribution in [1.29, 1.82) is 0 Å². The second-order valence-corrected chi connectivity index (χ2v) is 7.20. The quantitative estimate of drug-likeness (QED) is 0.681. The number of nitrogens with zero attached hydrogens (tertiary/aromatic N) is 1. The van der Waals surface area contributed by atoms with Crippen LogP contribution >= 0.6 is 0 Å². The van der Waals surface area contributed by atoms with E-state index in [1.807, 2.05) is 0 Å². The van der Waals surface area contributed by atoms with Crippen molar-refractivity contribution in [1.82, 2.24) is 4.98 Å². The van der Waals surface area contributed by atoms with Crippen LogP contribution < -0.4 is 14.8 Å². The number of amides is 1. The number of hydrogen-bond donors (Lipinski definition) is 2. The van der Waals surface area contributed by atoms with Crippen LogP contribution in [-0.2, 0) is 10.0 Å². The number of nitrogens with one attached hydrogen (secondary N) is 2. The number of anilines is 2. The number of pyridine rings is 1. The third kappa shape index (κ3) is 4.42. The molecule has 0 aliphatic rings. The Labute approximate surface area is 157 Å². The number of hydrogen-bond acceptors (Lipinski definition) is 5. The van der Waals surface area contributed by atoms with Gasteiger partial charge in [0.2, 0.25) is 0 Å². The molecule has 0 saturated heterocycles. The maximum Gasteiger partial charge on any atom is 0.262 e. The molecule has 27 heavy (non-hydrogen) atoms. The highest BCUT2D eigenvalue weighted by Crippen LogP contribution is 2.26. The lowest BCUT2D eigenvalue weighted by atomic mass is 10.2. The number of ether oxygens (including phenoxy) is 1. The van der Waals surface area contributed by atoms with Gasteiger partial charge in [-0.25, -0.2) is 8.42 Å². The van der Waals surface area contributed by atoms with Crippen LogP contribution in [0.1, 0.15) is 10.4 Å². The molecule has 2 N–H and O–H groups in total. The zero-order valence-corrected chi connectivity index (χ0v) is 15.2. The Morgan fingerprint density at radius 1 is 0.963 bits per heavy atom. The number of aromatic nitrogens is 1. The topological polar surface area (TPSA) is 97.4 Å². The van der Waals surface area contributed by atoms with Gasteiger partial charge in [0, 0.05) is 23.6 Å². The fourth-order valence-corrected chi connectivity index (χ4v) is 3.43. The Hall–Kier alpha value is -3.39. The number of carbonyl (C=O) groups is 1. The first kappa shape index (κ1) is 18.4. The lowest BCUT2D eigenvalue weighted by Crippen LogP contribution is -2.15. The van der Waals surface area contributed by atoms with E-state index in [4.69, 9.17) is 4.74 Å². The van der Waals surface area contributed by atoms with Crippen LogP contribution in [0.4, 0.5) is 11.4 Å². The van der Waals surface area contributed by atoms with Crippen LogP contribution in [-0.4, -0.2) is 26.4 Å². The van der Waals surface area contributed by atoms with Crippen molar-refractivity contribution in [3.8, 4) is 5.75 Å². The van der Waals surface area contributed by atoms with E-state index in [-0.39, 0.29) is 10.8 Å². The zero-order chi connectivity index (χ0) is 19.3. The Balaban J connectivity index is 1.77. The molecule has 0 aliphatic heterocycles. The van der Waals surface area contributed by atoms with Crippen molar-refractivity contribution >= 4 is 27.3 Å². The minimum absolute atomic E-state index is 0.0360. The molecular formula is C19H17N3O4S. The summed E-state index contributed by atoms with van der Waals surface area (Å²) >= 11 is 0.